The molecular formula is C11H13N3O. The molecule has 0 aliphatic carbocycles. The zero-order valence-corrected chi connectivity index (χ0v) is 8.66. The van der Waals surface area contributed by atoms with Crippen LogP contribution in [0.25, 0.3) is 6.08 Å². The van der Waals surface area contributed by atoms with Gasteiger partial charge >= 0.3 is 6.03 Å². The third-order valence-corrected chi connectivity index (χ3v) is 2.56. The monoisotopic (exact) mass is 203 g/mol. The molecule has 0 saturated carbocycles. The lowest BCUT2D eigenvalue weighted by atomic mass is 10.1. The Morgan fingerprint density at radius 1 is 1.73 bits per heavy atom. The van der Waals surface area contributed by atoms with Crippen molar-refractivity contribution >= 4 is 17.9 Å². The van der Waals surface area contributed by atoms with E-state index in [1.54, 1.807) is 17.2 Å². The molecule has 1 aromatic rings. The maximum Gasteiger partial charge on any atom is 0.323 e. The molecule has 0 bridgehead atoms. The lowest BCUT2D eigenvalue weighted by Crippen LogP contribution is -2.39. The average Bonchev–Trinajstić information content (AvgIpc) is 2.27. The predicted molar refractivity (Wildman–Crippen MR) is 59.4 cm³/mol. The van der Waals surface area contributed by atoms with Crippen molar-refractivity contribution in [3.05, 3.63) is 30.0 Å². The van der Waals surface area contributed by atoms with E-state index in [2.05, 4.69) is 16.9 Å². The molecule has 1 N–H and O–H groups in total. The number of anilines is 1. The van der Waals surface area contributed by atoms with Gasteiger partial charge in [-0.1, -0.05) is 12.7 Å². The van der Waals surface area contributed by atoms with Gasteiger partial charge in [-0.15, -0.1) is 0 Å². The van der Waals surface area contributed by atoms with Crippen LogP contribution >= 0.6 is 0 Å². The smallest absolute Gasteiger partial charge is 0.320 e. The van der Waals surface area contributed by atoms with Crippen LogP contribution in [-0.4, -0.2) is 22.5 Å². The van der Waals surface area contributed by atoms with Crippen LogP contribution in [0, 0.1) is 0 Å². The summed E-state index contributed by atoms with van der Waals surface area (Å²) < 4.78 is 0. The number of amides is 2. The summed E-state index contributed by atoms with van der Waals surface area (Å²) in [5.41, 5.74) is 2.06. The molecule has 2 rings (SSSR count). The lowest BCUT2D eigenvalue weighted by molar-refractivity contribution is 0.209. The molecule has 2 amide bonds. The fourth-order valence-electron chi connectivity index (χ4n) is 1.67. The molecule has 15 heavy (non-hydrogen) atoms. The Balaban J connectivity index is 2.44. The van der Waals surface area contributed by atoms with Gasteiger partial charge in [0.25, 0.3) is 0 Å². The predicted octanol–water partition coefficient (Wildman–Crippen LogP) is 2.09. The summed E-state index contributed by atoms with van der Waals surface area (Å²) in [4.78, 5) is 17.4. The second-order valence-corrected chi connectivity index (χ2v) is 3.38. The van der Waals surface area contributed by atoms with Crippen molar-refractivity contribution in [2.45, 2.75) is 13.5 Å². The average molecular weight is 203 g/mol. The molecule has 1 aliphatic rings. The van der Waals surface area contributed by atoms with E-state index < -0.39 is 0 Å². The summed E-state index contributed by atoms with van der Waals surface area (Å²) in [5.74, 6) is 0.655. The fraction of sp³-hybridized carbons (Fsp3) is 0.273. The van der Waals surface area contributed by atoms with E-state index in [0.29, 0.717) is 18.9 Å². The van der Waals surface area contributed by atoms with Gasteiger partial charge in [-0.25, -0.2) is 9.78 Å². The second-order valence-electron chi connectivity index (χ2n) is 3.38. The van der Waals surface area contributed by atoms with E-state index in [4.69, 9.17) is 0 Å². The molecule has 4 heteroatoms. The van der Waals surface area contributed by atoms with Gasteiger partial charge in [-0.3, -0.25) is 5.32 Å². The first-order valence-electron chi connectivity index (χ1n) is 4.92. The van der Waals surface area contributed by atoms with Crippen molar-refractivity contribution in [2.24, 2.45) is 0 Å². The number of rotatable bonds is 2. The van der Waals surface area contributed by atoms with Crippen LogP contribution in [-0.2, 0) is 6.54 Å². The Morgan fingerprint density at radius 3 is 3.20 bits per heavy atom. The van der Waals surface area contributed by atoms with E-state index in [1.165, 1.54) is 0 Å². The number of urea groups is 1. The Kier molecular flexibility index (Phi) is 2.41. The number of carbonyl (C=O) groups excluding carboxylic acids is 1. The standard InChI is InChI=1S/C11H13N3O/c1-3-8-5-6-12-10-9(8)7-14(4-2)11(15)13-10/h3,5-6H,1,4,7H2,2H3,(H,12,13,15). The first kappa shape index (κ1) is 9.71. The van der Waals surface area contributed by atoms with E-state index in [0.717, 1.165) is 11.1 Å². The summed E-state index contributed by atoms with van der Waals surface area (Å²) >= 11 is 0. The molecule has 1 aromatic heterocycles. The largest absolute Gasteiger partial charge is 0.323 e. The normalized spacial score (nSPS) is 14.5. The zero-order valence-electron chi connectivity index (χ0n) is 8.66. The zero-order chi connectivity index (χ0) is 10.8. The summed E-state index contributed by atoms with van der Waals surface area (Å²) in [6.45, 7) is 7.00. The number of pyridine rings is 1. The molecule has 78 valence electrons. The highest BCUT2D eigenvalue weighted by Gasteiger charge is 2.23. The number of nitrogens with one attached hydrogen (secondary N) is 1. The third kappa shape index (κ3) is 1.58. The minimum absolute atomic E-state index is 0.0845. The maximum absolute atomic E-state index is 11.5. The highest BCUT2D eigenvalue weighted by molar-refractivity contribution is 5.91. The van der Waals surface area contributed by atoms with Crippen LogP contribution in [0.1, 0.15) is 18.1 Å². The minimum Gasteiger partial charge on any atom is -0.320 e. The van der Waals surface area contributed by atoms with Gasteiger partial charge in [0.2, 0.25) is 0 Å². The Labute approximate surface area is 88.6 Å². The second kappa shape index (κ2) is 3.73. The van der Waals surface area contributed by atoms with Crippen LogP contribution in [0.5, 0.6) is 0 Å². The summed E-state index contributed by atoms with van der Waals surface area (Å²) in [7, 11) is 0. The van der Waals surface area contributed by atoms with Gasteiger partial charge in [-0.2, -0.15) is 0 Å². The molecule has 0 saturated heterocycles. The lowest BCUT2D eigenvalue weighted by Gasteiger charge is -2.28. The highest BCUT2D eigenvalue weighted by Crippen LogP contribution is 2.24. The van der Waals surface area contributed by atoms with Gasteiger partial charge < -0.3 is 4.90 Å². The number of fused-ring (bicyclic) bond motifs is 1. The van der Waals surface area contributed by atoms with Crippen molar-refractivity contribution < 1.29 is 4.79 Å². The van der Waals surface area contributed by atoms with Crippen molar-refractivity contribution in [2.75, 3.05) is 11.9 Å². The number of aromatic nitrogens is 1. The van der Waals surface area contributed by atoms with Gasteiger partial charge in [0.15, 0.2) is 0 Å². The van der Waals surface area contributed by atoms with Crippen molar-refractivity contribution in [3.63, 3.8) is 0 Å². The Hall–Kier alpha value is -1.84. The van der Waals surface area contributed by atoms with Crippen LogP contribution in [0.4, 0.5) is 10.6 Å². The molecule has 4 nitrogen and oxygen atoms in total. The number of hydrogen-bond donors (Lipinski definition) is 1. The number of carbonyl (C=O) groups is 1. The molecule has 0 unspecified atom stereocenters. The van der Waals surface area contributed by atoms with Gasteiger partial charge in [0, 0.05) is 18.3 Å². The molecule has 0 fully saturated rings. The summed E-state index contributed by atoms with van der Waals surface area (Å²) in [5, 5.41) is 2.76. The van der Waals surface area contributed by atoms with Gasteiger partial charge in [0.05, 0.1) is 6.54 Å². The molecular weight excluding hydrogens is 190 g/mol. The highest BCUT2D eigenvalue weighted by atomic mass is 16.2. The quantitative estimate of drug-likeness (QED) is 0.799. The topological polar surface area (TPSA) is 45.2 Å². The Morgan fingerprint density at radius 2 is 2.53 bits per heavy atom. The molecule has 0 atom stereocenters. The van der Waals surface area contributed by atoms with Crippen molar-refractivity contribution in [1.29, 1.82) is 0 Å². The van der Waals surface area contributed by atoms with E-state index in [1.807, 2.05) is 13.0 Å². The van der Waals surface area contributed by atoms with E-state index >= 15 is 0 Å². The van der Waals surface area contributed by atoms with Gasteiger partial charge in [0.1, 0.15) is 5.82 Å². The molecule has 0 radical (unpaired) electrons. The van der Waals surface area contributed by atoms with E-state index in [-0.39, 0.29) is 6.03 Å². The van der Waals surface area contributed by atoms with Crippen LogP contribution in [0.3, 0.4) is 0 Å². The van der Waals surface area contributed by atoms with Crippen molar-refractivity contribution in [1.82, 2.24) is 9.88 Å². The molecule has 0 spiro atoms. The van der Waals surface area contributed by atoms with Crippen molar-refractivity contribution in [3.8, 4) is 0 Å². The number of hydrogen-bond acceptors (Lipinski definition) is 2. The van der Waals surface area contributed by atoms with Crippen LogP contribution < -0.4 is 5.32 Å². The summed E-state index contributed by atoms with van der Waals surface area (Å²) in [6.07, 6.45) is 3.46. The summed E-state index contributed by atoms with van der Waals surface area (Å²) in [6, 6.07) is 1.82. The van der Waals surface area contributed by atoms with E-state index in [9.17, 15) is 4.79 Å². The third-order valence-electron chi connectivity index (χ3n) is 2.56. The number of nitrogens with zero attached hydrogens (tertiary/aromatic N) is 2. The SMILES string of the molecule is C=Cc1ccnc2c1CN(CC)C(=O)N2. The molecule has 1 aliphatic heterocycles. The minimum atomic E-state index is -0.0845. The molecule has 2 heterocycles. The Bertz CT molecular complexity index is 414. The van der Waals surface area contributed by atoms with Crippen LogP contribution in [0.15, 0.2) is 18.8 Å². The first-order valence-corrected chi connectivity index (χ1v) is 4.92. The maximum atomic E-state index is 11.5. The first-order chi connectivity index (χ1) is 7.26. The van der Waals surface area contributed by atoms with Crippen LogP contribution in [0.2, 0.25) is 0 Å². The fourth-order valence-corrected chi connectivity index (χ4v) is 1.67. The van der Waals surface area contributed by atoms with Gasteiger partial charge in [-0.05, 0) is 18.6 Å². The molecule has 0 aromatic carbocycles.